The van der Waals surface area contributed by atoms with Gasteiger partial charge in [0.15, 0.2) is 0 Å². The smallest absolute Gasteiger partial charge is 0.261 e. The molecule has 0 radical (unpaired) electrons. The lowest BCUT2D eigenvalue weighted by Gasteiger charge is -2.34. The van der Waals surface area contributed by atoms with Crippen LogP contribution in [-0.4, -0.2) is 59.2 Å². The highest BCUT2D eigenvalue weighted by Crippen LogP contribution is 2.22. The topological polar surface area (TPSA) is 69.7 Å². The summed E-state index contributed by atoms with van der Waals surface area (Å²) in [6.45, 7) is 6.47. The molecule has 134 valence electrons. The molecule has 2 aliphatic heterocycles. The second kappa shape index (κ2) is 7.35. The van der Waals surface area contributed by atoms with Gasteiger partial charge < -0.3 is 10.2 Å². The quantitative estimate of drug-likeness (QED) is 0.826. The van der Waals surface area contributed by atoms with Crippen LogP contribution in [0.25, 0.3) is 0 Å². The zero-order valence-electron chi connectivity index (χ0n) is 14.8. The van der Waals surface area contributed by atoms with Crippen molar-refractivity contribution in [1.29, 1.82) is 0 Å². The van der Waals surface area contributed by atoms with Crippen LogP contribution in [0, 0.1) is 0 Å². The van der Waals surface area contributed by atoms with Crippen molar-refractivity contribution in [2.24, 2.45) is 0 Å². The van der Waals surface area contributed by atoms with E-state index < -0.39 is 0 Å². The number of carbonyl (C=O) groups excluding carboxylic acids is 3. The maximum atomic E-state index is 12.3. The number of nitrogens with one attached hydrogen (secondary N) is 1. The Hall–Kier alpha value is -2.21. The van der Waals surface area contributed by atoms with E-state index in [4.69, 9.17) is 0 Å². The van der Waals surface area contributed by atoms with E-state index in [2.05, 4.69) is 24.1 Å². The van der Waals surface area contributed by atoms with Crippen LogP contribution in [0.1, 0.15) is 53.8 Å². The molecule has 0 saturated carbocycles. The highest BCUT2D eigenvalue weighted by molar-refractivity contribution is 6.21. The number of benzene rings is 1. The van der Waals surface area contributed by atoms with Crippen LogP contribution in [-0.2, 0) is 4.79 Å². The third-order valence-corrected chi connectivity index (χ3v) is 5.07. The summed E-state index contributed by atoms with van der Waals surface area (Å²) in [5.41, 5.74) is 0.850. The Balaban J connectivity index is 1.48. The number of imide groups is 1. The molecule has 0 unspecified atom stereocenters. The third-order valence-electron chi connectivity index (χ3n) is 5.07. The predicted molar refractivity (Wildman–Crippen MR) is 94.3 cm³/mol. The Kier molecular flexibility index (Phi) is 5.18. The first kappa shape index (κ1) is 17.6. The maximum absolute atomic E-state index is 12.3. The molecule has 25 heavy (non-hydrogen) atoms. The average molecular weight is 343 g/mol. The van der Waals surface area contributed by atoms with Crippen molar-refractivity contribution in [3.8, 4) is 0 Å². The Labute approximate surface area is 148 Å². The van der Waals surface area contributed by atoms with Gasteiger partial charge in [-0.1, -0.05) is 12.1 Å². The van der Waals surface area contributed by atoms with Crippen LogP contribution in [0.5, 0.6) is 0 Å². The fourth-order valence-electron chi connectivity index (χ4n) is 3.52. The molecule has 0 bridgehead atoms. The predicted octanol–water partition coefficient (Wildman–Crippen LogP) is 1.66. The molecule has 1 saturated heterocycles. The van der Waals surface area contributed by atoms with E-state index in [9.17, 15) is 14.4 Å². The molecular weight excluding hydrogens is 318 g/mol. The van der Waals surface area contributed by atoms with Crippen molar-refractivity contribution in [3.05, 3.63) is 35.4 Å². The zero-order chi connectivity index (χ0) is 18.0. The van der Waals surface area contributed by atoms with Gasteiger partial charge in [-0.05, 0) is 38.8 Å². The lowest BCUT2D eigenvalue weighted by atomic mass is 10.0. The highest BCUT2D eigenvalue weighted by Gasteiger charge is 2.35. The molecule has 0 aromatic heterocycles. The largest absolute Gasteiger partial charge is 0.353 e. The molecule has 0 atom stereocenters. The summed E-state index contributed by atoms with van der Waals surface area (Å²) in [6.07, 6.45) is 2.03. The van der Waals surface area contributed by atoms with Crippen molar-refractivity contribution in [2.75, 3.05) is 19.6 Å². The Morgan fingerprint density at radius 2 is 1.68 bits per heavy atom. The van der Waals surface area contributed by atoms with Crippen LogP contribution in [0.2, 0.25) is 0 Å². The van der Waals surface area contributed by atoms with E-state index in [1.165, 1.54) is 4.90 Å². The fourth-order valence-corrected chi connectivity index (χ4v) is 3.52. The van der Waals surface area contributed by atoms with Crippen molar-refractivity contribution >= 4 is 17.7 Å². The summed E-state index contributed by atoms with van der Waals surface area (Å²) in [5.74, 6) is -0.711. The molecule has 0 spiro atoms. The summed E-state index contributed by atoms with van der Waals surface area (Å²) in [5, 5.41) is 3.04. The van der Waals surface area contributed by atoms with Gasteiger partial charge in [0.05, 0.1) is 11.1 Å². The number of hydrogen-bond acceptors (Lipinski definition) is 4. The summed E-state index contributed by atoms with van der Waals surface area (Å²) < 4.78 is 0. The summed E-state index contributed by atoms with van der Waals surface area (Å²) >= 11 is 0. The Bertz CT molecular complexity index is 643. The summed E-state index contributed by atoms with van der Waals surface area (Å²) in [4.78, 5) is 40.3. The maximum Gasteiger partial charge on any atom is 0.261 e. The molecule has 6 nitrogen and oxygen atoms in total. The lowest BCUT2D eigenvalue weighted by Crippen LogP contribution is -2.47. The first-order valence-electron chi connectivity index (χ1n) is 8.96. The number of piperidine rings is 1. The molecule has 2 heterocycles. The minimum atomic E-state index is -0.307. The van der Waals surface area contributed by atoms with Crippen LogP contribution in [0.15, 0.2) is 24.3 Å². The molecule has 3 amide bonds. The molecule has 0 aliphatic carbocycles. The van der Waals surface area contributed by atoms with Crippen molar-refractivity contribution in [3.63, 3.8) is 0 Å². The molecule has 2 aliphatic rings. The van der Waals surface area contributed by atoms with Gasteiger partial charge in [-0.2, -0.15) is 0 Å². The average Bonchev–Trinajstić information content (AvgIpc) is 2.85. The van der Waals surface area contributed by atoms with Gasteiger partial charge in [0, 0.05) is 38.1 Å². The molecule has 1 fully saturated rings. The second-order valence-corrected chi connectivity index (χ2v) is 7.03. The summed E-state index contributed by atoms with van der Waals surface area (Å²) in [6, 6.07) is 7.50. The van der Waals surface area contributed by atoms with Gasteiger partial charge in [0.25, 0.3) is 11.8 Å². The van der Waals surface area contributed by atoms with E-state index in [1.807, 2.05) is 0 Å². The Morgan fingerprint density at radius 1 is 1.12 bits per heavy atom. The normalized spacial score (nSPS) is 18.8. The number of fused-ring (bicyclic) bond motifs is 1. The SMILES string of the molecule is CC(C)N1CCC(NC(=O)CCN2C(=O)c3ccccc3C2=O)CC1. The van der Waals surface area contributed by atoms with Gasteiger partial charge in [-0.3, -0.25) is 19.3 Å². The van der Waals surface area contributed by atoms with E-state index in [1.54, 1.807) is 24.3 Å². The van der Waals surface area contributed by atoms with Crippen LogP contribution < -0.4 is 5.32 Å². The van der Waals surface area contributed by atoms with Gasteiger partial charge in [-0.15, -0.1) is 0 Å². The molecule has 1 N–H and O–H groups in total. The number of hydrogen-bond donors (Lipinski definition) is 1. The molecule has 1 aromatic carbocycles. The first-order valence-corrected chi connectivity index (χ1v) is 8.96. The second-order valence-electron chi connectivity index (χ2n) is 7.03. The van der Waals surface area contributed by atoms with Crippen molar-refractivity contribution in [2.45, 2.75) is 45.2 Å². The van der Waals surface area contributed by atoms with Crippen LogP contribution in [0.4, 0.5) is 0 Å². The lowest BCUT2D eigenvalue weighted by molar-refractivity contribution is -0.122. The van der Waals surface area contributed by atoms with Gasteiger partial charge >= 0.3 is 0 Å². The monoisotopic (exact) mass is 343 g/mol. The minimum Gasteiger partial charge on any atom is -0.353 e. The third kappa shape index (κ3) is 3.74. The van der Waals surface area contributed by atoms with E-state index in [-0.39, 0.29) is 36.7 Å². The van der Waals surface area contributed by atoms with E-state index in [0.29, 0.717) is 17.2 Å². The summed E-state index contributed by atoms with van der Waals surface area (Å²) in [7, 11) is 0. The molecule has 6 heteroatoms. The number of amides is 3. The minimum absolute atomic E-state index is 0.0976. The van der Waals surface area contributed by atoms with Crippen molar-refractivity contribution < 1.29 is 14.4 Å². The van der Waals surface area contributed by atoms with Crippen LogP contribution in [0.3, 0.4) is 0 Å². The van der Waals surface area contributed by atoms with E-state index in [0.717, 1.165) is 25.9 Å². The highest BCUT2D eigenvalue weighted by atomic mass is 16.2. The first-order chi connectivity index (χ1) is 12.0. The standard InChI is InChI=1S/C19H25N3O3/c1-13(2)21-10-7-14(8-11-21)20-17(23)9-12-22-18(24)15-5-3-4-6-16(15)19(22)25/h3-6,13-14H,7-12H2,1-2H3,(H,20,23). The van der Waals surface area contributed by atoms with Gasteiger partial charge in [0.2, 0.25) is 5.91 Å². The molecule has 3 rings (SSSR count). The fraction of sp³-hybridized carbons (Fsp3) is 0.526. The number of carbonyl (C=O) groups is 3. The molecular formula is C19H25N3O3. The Morgan fingerprint density at radius 3 is 2.20 bits per heavy atom. The number of nitrogens with zero attached hydrogens (tertiary/aromatic N) is 2. The number of likely N-dealkylation sites (tertiary alicyclic amines) is 1. The van der Waals surface area contributed by atoms with Crippen molar-refractivity contribution in [1.82, 2.24) is 15.1 Å². The molecule has 1 aromatic rings. The van der Waals surface area contributed by atoms with E-state index >= 15 is 0 Å². The number of rotatable bonds is 5. The van der Waals surface area contributed by atoms with Crippen LogP contribution >= 0.6 is 0 Å². The van der Waals surface area contributed by atoms with Gasteiger partial charge in [-0.25, -0.2) is 0 Å². The van der Waals surface area contributed by atoms with Gasteiger partial charge in [0.1, 0.15) is 0 Å². The zero-order valence-corrected chi connectivity index (χ0v) is 14.8.